The van der Waals surface area contributed by atoms with E-state index < -0.39 is 0 Å². The number of nitrogens with one attached hydrogen (secondary N) is 1. The molecule has 3 rings (SSSR count). The van der Waals surface area contributed by atoms with Crippen molar-refractivity contribution in [3.63, 3.8) is 0 Å². The number of likely N-dealkylation sites (N-methyl/N-ethyl adjacent to an activating group) is 1. The molecule has 3 aromatic rings. The maximum atomic E-state index is 6.16. The van der Waals surface area contributed by atoms with Crippen molar-refractivity contribution < 1.29 is 4.74 Å². The number of methoxy groups -OCH3 is 1. The summed E-state index contributed by atoms with van der Waals surface area (Å²) in [5, 5.41) is 4.91. The Morgan fingerprint density at radius 2 is 2.12 bits per heavy atom. The predicted molar refractivity (Wildman–Crippen MR) is 109 cm³/mol. The van der Waals surface area contributed by atoms with Gasteiger partial charge in [0.15, 0.2) is 0 Å². The Morgan fingerprint density at radius 3 is 2.88 bits per heavy atom. The van der Waals surface area contributed by atoms with Gasteiger partial charge in [-0.05, 0) is 54.9 Å². The topological polar surface area (TPSA) is 34.2 Å². The lowest BCUT2D eigenvalue weighted by atomic mass is 10.1. The maximum absolute atomic E-state index is 6.16. The highest BCUT2D eigenvalue weighted by molar-refractivity contribution is 7.21. The molecule has 130 valence electrons. The zero-order chi connectivity index (χ0) is 17.8. The average molecular weight is 373 g/mol. The smallest absolute Gasteiger partial charge is 0.129 e. The quantitative estimate of drug-likeness (QED) is 0.568. The average Bonchev–Trinajstić information content (AvgIpc) is 3.04. The summed E-state index contributed by atoms with van der Waals surface area (Å²) >= 11 is 7.81. The second-order valence-corrected chi connectivity index (χ2v) is 7.21. The zero-order valence-corrected chi connectivity index (χ0v) is 16.2. The van der Waals surface area contributed by atoms with Crippen LogP contribution in [0.4, 0.5) is 0 Å². The molecule has 2 aromatic carbocycles. The molecular weight excluding hydrogens is 352 g/mol. The van der Waals surface area contributed by atoms with Crippen LogP contribution < -0.4 is 10.1 Å². The molecule has 0 bridgehead atoms. The second-order valence-electron chi connectivity index (χ2n) is 5.74. The standard InChI is InChI=1S/C20H21ClN2OS/c1-4-22-10-9-13(2)14-5-7-17-19(11-14)25-20(23-17)16-12-15(21)6-8-18(16)24-3/h5-9,11-12,22H,4,10H2,1-3H3/b13-9+. The number of benzene rings is 2. The number of hydrogen-bond donors (Lipinski definition) is 1. The van der Waals surface area contributed by atoms with Crippen LogP contribution in [0.1, 0.15) is 19.4 Å². The Kier molecular flexibility index (Phi) is 5.74. The molecular formula is C20H21ClN2OS. The van der Waals surface area contributed by atoms with Gasteiger partial charge in [0.05, 0.1) is 22.9 Å². The fourth-order valence-corrected chi connectivity index (χ4v) is 3.82. The first kappa shape index (κ1) is 17.9. The van der Waals surface area contributed by atoms with Crippen LogP contribution >= 0.6 is 22.9 Å². The summed E-state index contributed by atoms with van der Waals surface area (Å²) in [5.41, 5.74) is 4.40. The highest BCUT2D eigenvalue weighted by Gasteiger charge is 2.12. The third kappa shape index (κ3) is 4.03. The Balaban J connectivity index is 1.98. The van der Waals surface area contributed by atoms with Gasteiger partial charge in [0.2, 0.25) is 0 Å². The van der Waals surface area contributed by atoms with E-state index in [1.165, 1.54) is 11.1 Å². The number of thiazole rings is 1. The maximum Gasteiger partial charge on any atom is 0.129 e. The van der Waals surface area contributed by atoms with E-state index in [9.17, 15) is 0 Å². The summed E-state index contributed by atoms with van der Waals surface area (Å²) in [4.78, 5) is 4.76. The van der Waals surface area contributed by atoms with Crippen LogP contribution in [0.15, 0.2) is 42.5 Å². The summed E-state index contributed by atoms with van der Waals surface area (Å²) < 4.78 is 6.62. The number of aromatic nitrogens is 1. The minimum absolute atomic E-state index is 0.679. The van der Waals surface area contributed by atoms with E-state index in [-0.39, 0.29) is 0 Å². The van der Waals surface area contributed by atoms with Gasteiger partial charge in [0.1, 0.15) is 10.8 Å². The summed E-state index contributed by atoms with van der Waals surface area (Å²) in [5.74, 6) is 0.783. The van der Waals surface area contributed by atoms with Crippen LogP contribution in [-0.2, 0) is 0 Å². The van der Waals surface area contributed by atoms with Crippen LogP contribution in [0.2, 0.25) is 5.02 Å². The van der Waals surface area contributed by atoms with E-state index >= 15 is 0 Å². The summed E-state index contributed by atoms with van der Waals surface area (Å²) in [6, 6.07) is 12.0. The van der Waals surface area contributed by atoms with Crippen molar-refractivity contribution in [3.05, 3.63) is 53.1 Å². The fraction of sp³-hybridized carbons (Fsp3) is 0.250. The molecule has 0 aliphatic heterocycles. The van der Waals surface area contributed by atoms with Crippen molar-refractivity contribution in [1.82, 2.24) is 10.3 Å². The van der Waals surface area contributed by atoms with Gasteiger partial charge in [-0.2, -0.15) is 0 Å². The van der Waals surface area contributed by atoms with Crippen LogP contribution in [0.5, 0.6) is 5.75 Å². The number of halogens is 1. The van der Waals surface area contributed by atoms with Crippen molar-refractivity contribution >= 4 is 38.7 Å². The monoisotopic (exact) mass is 372 g/mol. The largest absolute Gasteiger partial charge is 0.496 e. The molecule has 0 aliphatic carbocycles. The number of nitrogens with zero attached hydrogens (tertiary/aromatic N) is 1. The number of fused-ring (bicyclic) bond motifs is 1. The molecule has 0 aliphatic rings. The lowest BCUT2D eigenvalue weighted by Gasteiger charge is -2.05. The first-order valence-electron chi connectivity index (χ1n) is 8.24. The molecule has 0 radical (unpaired) electrons. The van der Waals surface area contributed by atoms with E-state index in [4.69, 9.17) is 21.3 Å². The minimum Gasteiger partial charge on any atom is -0.496 e. The van der Waals surface area contributed by atoms with E-state index in [1.807, 2.05) is 18.2 Å². The minimum atomic E-state index is 0.679. The molecule has 5 heteroatoms. The molecule has 0 unspecified atom stereocenters. The van der Waals surface area contributed by atoms with Crippen molar-refractivity contribution in [1.29, 1.82) is 0 Å². The van der Waals surface area contributed by atoms with Gasteiger partial charge < -0.3 is 10.1 Å². The lowest BCUT2D eigenvalue weighted by Crippen LogP contribution is -2.11. The highest BCUT2D eigenvalue weighted by atomic mass is 35.5. The molecule has 0 fully saturated rings. The van der Waals surface area contributed by atoms with Crippen molar-refractivity contribution in [3.8, 4) is 16.3 Å². The molecule has 0 amide bonds. The van der Waals surface area contributed by atoms with Gasteiger partial charge >= 0.3 is 0 Å². The molecule has 1 N–H and O–H groups in total. The molecule has 1 heterocycles. The van der Waals surface area contributed by atoms with Gasteiger partial charge in [0.25, 0.3) is 0 Å². The van der Waals surface area contributed by atoms with E-state index in [0.717, 1.165) is 39.6 Å². The molecule has 0 saturated heterocycles. The van der Waals surface area contributed by atoms with Gasteiger partial charge in [-0.1, -0.05) is 30.7 Å². The third-order valence-corrected chi connectivity index (χ3v) is 5.32. The SMILES string of the molecule is CCNC/C=C(\C)c1ccc2nc(-c3cc(Cl)ccc3OC)sc2c1. The van der Waals surface area contributed by atoms with E-state index in [2.05, 4.69) is 43.4 Å². The first-order chi connectivity index (χ1) is 12.1. The van der Waals surface area contributed by atoms with Crippen molar-refractivity contribution in [2.45, 2.75) is 13.8 Å². The molecule has 0 spiro atoms. The number of hydrogen-bond acceptors (Lipinski definition) is 4. The van der Waals surface area contributed by atoms with Crippen molar-refractivity contribution in [2.24, 2.45) is 0 Å². The number of ether oxygens (including phenoxy) is 1. The predicted octanol–water partition coefficient (Wildman–Crippen LogP) is 5.64. The van der Waals surface area contributed by atoms with Crippen molar-refractivity contribution in [2.75, 3.05) is 20.2 Å². The van der Waals surface area contributed by atoms with Gasteiger partial charge in [-0.25, -0.2) is 4.98 Å². The number of rotatable bonds is 6. The van der Waals surface area contributed by atoms with E-state index in [1.54, 1.807) is 18.4 Å². The van der Waals surface area contributed by atoms with Crippen LogP contribution in [0, 0.1) is 0 Å². The second kappa shape index (κ2) is 8.00. The highest BCUT2D eigenvalue weighted by Crippen LogP contribution is 2.37. The Hall–Kier alpha value is -1.88. The van der Waals surface area contributed by atoms with Crippen LogP contribution in [-0.4, -0.2) is 25.2 Å². The normalized spacial score (nSPS) is 11.9. The van der Waals surface area contributed by atoms with Gasteiger partial charge in [-0.3, -0.25) is 0 Å². The molecule has 25 heavy (non-hydrogen) atoms. The zero-order valence-electron chi connectivity index (χ0n) is 14.6. The van der Waals surface area contributed by atoms with Gasteiger partial charge in [0, 0.05) is 11.6 Å². The van der Waals surface area contributed by atoms with Crippen LogP contribution in [0.3, 0.4) is 0 Å². The Bertz CT molecular complexity index is 917. The molecule has 0 atom stereocenters. The summed E-state index contributed by atoms with van der Waals surface area (Å²) in [6.45, 7) is 6.11. The molecule has 3 nitrogen and oxygen atoms in total. The van der Waals surface area contributed by atoms with E-state index in [0.29, 0.717) is 5.02 Å². The molecule has 1 aromatic heterocycles. The number of allylic oxidation sites excluding steroid dienone is 1. The molecule has 0 saturated carbocycles. The fourth-order valence-electron chi connectivity index (χ4n) is 2.62. The van der Waals surface area contributed by atoms with Crippen LogP contribution in [0.25, 0.3) is 26.4 Å². The Morgan fingerprint density at radius 1 is 1.28 bits per heavy atom. The lowest BCUT2D eigenvalue weighted by molar-refractivity contribution is 0.416. The van der Waals surface area contributed by atoms with Gasteiger partial charge in [-0.15, -0.1) is 11.3 Å². The Labute approximate surface area is 157 Å². The summed E-state index contributed by atoms with van der Waals surface area (Å²) in [6.07, 6.45) is 2.21. The first-order valence-corrected chi connectivity index (χ1v) is 9.44. The third-order valence-electron chi connectivity index (χ3n) is 4.04. The summed E-state index contributed by atoms with van der Waals surface area (Å²) in [7, 11) is 1.66.